The van der Waals surface area contributed by atoms with Gasteiger partial charge in [-0.05, 0) is 12.1 Å². The lowest BCUT2D eigenvalue weighted by Crippen LogP contribution is -1.92. The van der Waals surface area contributed by atoms with Crippen molar-refractivity contribution in [2.75, 3.05) is 6.79 Å². The van der Waals surface area contributed by atoms with Crippen LogP contribution in [0, 0.1) is 6.07 Å². The van der Waals surface area contributed by atoms with Gasteiger partial charge in [0.2, 0.25) is 6.79 Å². The topological polar surface area (TPSA) is 18.5 Å². The van der Waals surface area contributed by atoms with E-state index in [-0.39, 0.29) is 6.79 Å². The maximum atomic E-state index is 5.63. The van der Waals surface area contributed by atoms with Gasteiger partial charge in [0.05, 0.1) is 11.1 Å². The molecule has 0 N–H and O–H groups in total. The molecule has 0 unspecified atom stereocenters. The van der Waals surface area contributed by atoms with Gasteiger partial charge in [-0.15, -0.1) is 0 Å². The molecule has 1 heterocycles. The van der Waals surface area contributed by atoms with E-state index in [0.29, 0.717) is 16.5 Å². The van der Waals surface area contributed by atoms with E-state index in [4.69, 9.17) is 21.1 Å². The molecule has 0 atom stereocenters. The summed E-state index contributed by atoms with van der Waals surface area (Å²) in [7, 11) is 0. The minimum Gasteiger partial charge on any atom is -0.454 e. The average molecular weight is 156 g/mol. The Morgan fingerprint density at radius 1 is 1.40 bits per heavy atom. The second-order valence-corrected chi connectivity index (χ2v) is 2.31. The molecule has 0 saturated heterocycles. The molecular weight excluding hydrogens is 152 g/mol. The minimum absolute atomic E-state index is 0.270. The zero-order valence-electron chi connectivity index (χ0n) is 5.06. The van der Waals surface area contributed by atoms with E-state index >= 15 is 0 Å². The summed E-state index contributed by atoms with van der Waals surface area (Å²) in [5.41, 5.74) is 0. The van der Waals surface area contributed by atoms with Crippen molar-refractivity contribution in [1.29, 1.82) is 0 Å². The maximum absolute atomic E-state index is 5.63. The molecule has 0 fully saturated rings. The van der Waals surface area contributed by atoms with Crippen LogP contribution in [0.5, 0.6) is 11.5 Å². The summed E-state index contributed by atoms with van der Waals surface area (Å²) < 4.78 is 10.1. The lowest BCUT2D eigenvalue weighted by molar-refractivity contribution is 0.173. The van der Waals surface area contributed by atoms with Crippen molar-refractivity contribution >= 4 is 11.6 Å². The van der Waals surface area contributed by atoms with Crippen LogP contribution in [0.2, 0.25) is 5.02 Å². The molecule has 10 heavy (non-hydrogen) atoms. The molecule has 0 saturated carbocycles. The molecule has 0 spiro atoms. The molecule has 1 aliphatic heterocycles. The van der Waals surface area contributed by atoms with Gasteiger partial charge in [0.15, 0.2) is 11.5 Å². The molecule has 2 nitrogen and oxygen atoms in total. The van der Waals surface area contributed by atoms with Crippen LogP contribution >= 0.6 is 11.6 Å². The van der Waals surface area contributed by atoms with Gasteiger partial charge in [0.1, 0.15) is 0 Å². The number of fused-ring (bicyclic) bond motifs is 1. The molecule has 51 valence electrons. The van der Waals surface area contributed by atoms with Gasteiger partial charge in [-0.25, -0.2) is 0 Å². The highest BCUT2D eigenvalue weighted by molar-refractivity contribution is 6.30. The first-order valence-electron chi connectivity index (χ1n) is 2.84. The first-order chi connectivity index (χ1) is 4.86. The highest BCUT2D eigenvalue weighted by Crippen LogP contribution is 2.33. The van der Waals surface area contributed by atoms with Crippen LogP contribution in [0.3, 0.4) is 0 Å². The van der Waals surface area contributed by atoms with Gasteiger partial charge in [0.25, 0.3) is 0 Å². The maximum Gasteiger partial charge on any atom is 0.231 e. The van der Waals surface area contributed by atoms with Gasteiger partial charge in [-0.1, -0.05) is 11.6 Å². The van der Waals surface area contributed by atoms with E-state index in [1.807, 2.05) is 0 Å². The van der Waals surface area contributed by atoms with Crippen molar-refractivity contribution in [2.24, 2.45) is 0 Å². The van der Waals surface area contributed by atoms with Crippen molar-refractivity contribution in [3.05, 3.63) is 23.2 Å². The molecule has 0 aliphatic carbocycles. The normalized spacial score (nSPS) is 13.7. The summed E-state index contributed by atoms with van der Waals surface area (Å²) in [5, 5.41) is 0.546. The van der Waals surface area contributed by atoms with Crippen LogP contribution in [0.25, 0.3) is 0 Å². The fourth-order valence-electron chi connectivity index (χ4n) is 0.809. The van der Waals surface area contributed by atoms with Crippen molar-refractivity contribution in [1.82, 2.24) is 0 Å². The van der Waals surface area contributed by atoms with Crippen LogP contribution in [-0.4, -0.2) is 6.79 Å². The van der Waals surface area contributed by atoms with E-state index in [9.17, 15) is 0 Å². The fraction of sp³-hybridized carbons (Fsp3) is 0.143. The van der Waals surface area contributed by atoms with E-state index in [2.05, 4.69) is 6.07 Å². The van der Waals surface area contributed by atoms with Crippen molar-refractivity contribution < 1.29 is 9.47 Å². The number of rotatable bonds is 0. The lowest BCUT2D eigenvalue weighted by Gasteiger charge is -1.92. The SMILES string of the molecule is Clc1[c]c2c(cc1)OCO2. The van der Waals surface area contributed by atoms with Crippen LogP contribution in [0.15, 0.2) is 12.1 Å². The first-order valence-corrected chi connectivity index (χ1v) is 3.21. The molecule has 0 amide bonds. The summed E-state index contributed by atoms with van der Waals surface area (Å²) in [5.74, 6) is 1.32. The Labute approximate surface area is 63.3 Å². The Hall–Kier alpha value is -0.890. The third-order valence-electron chi connectivity index (χ3n) is 1.26. The van der Waals surface area contributed by atoms with Crippen LogP contribution < -0.4 is 9.47 Å². The number of ether oxygens (including phenoxy) is 2. The van der Waals surface area contributed by atoms with Crippen LogP contribution in [0.1, 0.15) is 0 Å². The zero-order valence-corrected chi connectivity index (χ0v) is 5.81. The summed E-state index contributed by atoms with van der Waals surface area (Å²) in [6.07, 6.45) is 0. The molecule has 1 aromatic carbocycles. The first kappa shape index (κ1) is 5.86. The molecule has 3 heteroatoms. The molecule has 0 bridgehead atoms. The largest absolute Gasteiger partial charge is 0.454 e. The van der Waals surface area contributed by atoms with E-state index < -0.39 is 0 Å². The predicted octanol–water partition coefficient (Wildman–Crippen LogP) is 1.87. The monoisotopic (exact) mass is 155 g/mol. The molecule has 1 aromatic rings. The summed E-state index contributed by atoms with van der Waals surface area (Å²) in [4.78, 5) is 0. The van der Waals surface area contributed by atoms with Crippen molar-refractivity contribution in [3.8, 4) is 11.5 Å². The number of hydrogen-bond acceptors (Lipinski definition) is 2. The third-order valence-corrected chi connectivity index (χ3v) is 1.48. The second-order valence-electron chi connectivity index (χ2n) is 1.91. The van der Waals surface area contributed by atoms with Crippen molar-refractivity contribution in [2.45, 2.75) is 0 Å². The smallest absolute Gasteiger partial charge is 0.231 e. The predicted molar refractivity (Wildman–Crippen MR) is 36.4 cm³/mol. The Bertz CT molecular complexity index is 260. The number of hydrogen-bond donors (Lipinski definition) is 0. The summed E-state index contributed by atoms with van der Waals surface area (Å²) in [6, 6.07) is 6.29. The minimum atomic E-state index is 0.270. The second kappa shape index (κ2) is 2.06. The fourth-order valence-corrected chi connectivity index (χ4v) is 0.958. The Morgan fingerprint density at radius 2 is 2.30 bits per heavy atom. The lowest BCUT2D eigenvalue weighted by atomic mass is 10.3. The van der Waals surface area contributed by atoms with Crippen LogP contribution in [0.4, 0.5) is 0 Å². The molecule has 1 aliphatic rings. The zero-order chi connectivity index (χ0) is 6.97. The van der Waals surface area contributed by atoms with Gasteiger partial charge in [-0.2, -0.15) is 0 Å². The van der Waals surface area contributed by atoms with Gasteiger partial charge >= 0.3 is 0 Å². The standard InChI is InChI=1S/C7H4ClO2/c8-5-1-2-6-7(3-5)10-4-9-6/h1-2H,4H2. The van der Waals surface area contributed by atoms with Gasteiger partial charge < -0.3 is 9.47 Å². The highest BCUT2D eigenvalue weighted by Gasteiger charge is 2.12. The van der Waals surface area contributed by atoms with E-state index in [0.717, 1.165) is 0 Å². The molecular formula is C7H4ClO2. The van der Waals surface area contributed by atoms with Crippen LogP contribution in [-0.2, 0) is 0 Å². The van der Waals surface area contributed by atoms with Crippen molar-refractivity contribution in [3.63, 3.8) is 0 Å². The van der Waals surface area contributed by atoms with E-state index in [1.54, 1.807) is 12.1 Å². The van der Waals surface area contributed by atoms with Gasteiger partial charge in [0, 0.05) is 0 Å². The Morgan fingerprint density at radius 3 is 3.20 bits per heavy atom. The van der Waals surface area contributed by atoms with E-state index in [1.165, 1.54) is 0 Å². The number of benzene rings is 1. The van der Waals surface area contributed by atoms with Gasteiger partial charge in [-0.3, -0.25) is 0 Å². The number of halogens is 1. The quantitative estimate of drug-likeness (QED) is 0.570. The molecule has 0 aromatic heterocycles. The summed E-state index contributed by atoms with van der Waals surface area (Å²) >= 11 is 5.63. The average Bonchev–Trinajstić information content (AvgIpc) is 2.33. The molecule has 1 radical (unpaired) electrons. The highest BCUT2D eigenvalue weighted by atomic mass is 35.5. The Balaban J connectivity index is 2.52. The summed E-state index contributed by atoms with van der Waals surface area (Å²) in [6.45, 7) is 0.270. The Kier molecular flexibility index (Phi) is 1.21. The third kappa shape index (κ3) is 0.809. The molecule has 2 rings (SSSR count).